The minimum Gasteiger partial charge on any atom is -0.455 e. The molecule has 1 atom stereocenters. The largest absolute Gasteiger partial charge is 0.455 e. The van der Waals surface area contributed by atoms with Gasteiger partial charge in [0.15, 0.2) is 18.2 Å². The van der Waals surface area contributed by atoms with Crippen LogP contribution in [0.15, 0.2) is 36.4 Å². The summed E-state index contributed by atoms with van der Waals surface area (Å²) in [5, 5.41) is 2.31. The summed E-state index contributed by atoms with van der Waals surface area (Å²) in [5.41, 5.74) is 2.79. The molecular weight excluding hydrogens is 382 g/mol. The van der Waals surface area contributed by atoms with Crippen molar-refractivity contribution in [1.82, 2.24) is 0 Å². The number of carbonyl (C=O) groups excluding carboxylic acids is 3. The lowest BCUT2D eigenvalue weighted by atomic mass is 10.1. The standard InChI is InChI=1S/C21H20F2N2O4/c1-12-4-3-5-18(13(12)2)25-10-14(8-20(25)27)21(28)29-11-19(26)24-15-6-7-16(22)17(23)9-15/h3-7,9,14H,8,10-11H2,1-2H3,(H,24,26)/t14-/m1/s1. The van der Waals surface area contributed by atoms with E-state index in [9.17, 15) is 23.2 Å². The fourth-order valence-electron chi connectivity index (χ4n) is 3.15. The maximum atomic E-state index is 13.2. The zero-order valence-electron chi connectivity index (χ0n) is 16.0. The number of anilines is 2. The number of halogens is 2. The Bertz CT molecular complexity index is 977. The number of ether oxygens (including phenoxy) is 1. The van der Waals surface area contributed by atoms with E-state index < -0.39 is 36.0 Å². The maximum absolute atomic E-state index is 13.2. The number of nitrogens with one attached hydrogen (secondary N) is 1. The molecule has 1 fully saturated rings. The van der Waals surface area contributed by atoms with Gasteiger partial charge in [-0.15, -0.1) is 0 Å². The monoisotopic (exact) mass is 402 g/mol. The van der Waals surface area contributed by atoms with Crippen LogP contribution >= 0.6 is 0 Å². The summed E-state index contributed by atoms with van der Waals surface area (Å²) >= 11 is 0. The topological polar surface area (TPSA) is 75.7 Å². The summed E-state index contributed by atoms with van der Waals surface area (Å²) in [6, 6.07) is 8.50. The van der Waals surface area contributed by atoms with E-state index in [4.69, 9.17) is 4.74 Å². The van der Waals surface area contributed by atoms with Crippen molar-refractivity contribution < 1.29 is 27.9 Å². The molecule has 1 aliphatic rings. The Labute approximate surface area is 166 Å². The van der Waals surface area contributed by atoms with Crippen molar-refractivity contribution in [1.29, 1.82) is 0 Å². The minimum absolute atomic E-state index is 0.00297. The van der Waals surface area contributed by atoms with E-state index in [2.05, 4.69) is 5.32 Å². The Balaban J connectivity index is 1.56. The predicted molar refractivity (Wildman–Crippen MR) is 102 cm³/mol. The van der Waals surface area contributed by atoms with Gasteiger partial charge in [-0.25, -0.2) is 8.78 Å². The van der Waals surface area contributed by atoms with E-state index in [0.717, 1.165) is 28.9 Å². The molecule has 0 unspecified atom stereocenters. The average Bonchev–Trinajstić information content (AvgIpc) is 3.06. The highest BCUT2D eigenvalue weighted by atomic mass is 19.2. The normalized spacial score (nSPS) is 16.1. The number of hydrogen-bond donors (Lipinski definition) is 1. The maximum Gasteiger partial charge on any atom is 0.311 e. The SMILES string of the molecule is Cc1cccc(N2C[C@H](C(=O)OCC(=O)Nc3ccc(F)c(F)c3)CC2=O)c1C. The molecule has 2 aromatic rings. The first-order valence-corrected chi connectivity index (χ1v) is 9.04. The van der Waals surface area contributed by atoms with Crippen LogP contribution in [-0.4, -0.2) is 30.9 Å². The summed E-state index contributed by atoms with van der Waals surface area (Å²) in [4.78, 5) is 38.1. The van der Waals surface area contributed by atoms with Crippen molar-refractivity contribution in [2.45, 2.75) is 20.3 Å². The van der Waals surface area contributed by atoms with Crippen LogP contribution in [0.3, 0.4) is 0 Å². The molecule has 0 bridgehead atoms. The van der Waals surface area contributed by atoms with E-state index in [-0.39, 0.29) is 24.6 Å². The van der Waals surface area contributed by atoms with E-state index in [1.165, 1.54) is 6.07 Å². The second-order valence-corrected chi connectivity index (χ2v) is 6.91. The highest BCUT2D eigenvalue weighted by Crippen LogP contribution is 2.29. The Morgan fingerprint density at radius 1 is 1.17 bits per heavy atom. The summed E-state index contributed by atoms with van der Waals surface area (Å²) < 4.78 is 31.1. The van der Waals surface area contributed by atoms with Gasteiger partial charge in [-0.05, 0) is 43.2 Å². The molecule has 152 valence electrons. The first-order valence-electron chi connectivity index (χ1n) is 9.04. The third-order valence-electron chi connectivity index (χ3n) is 4.87. The van der Waals surface area contributed by atoms with Crippen molar-refractivity contribution in [3.8, 4) is 0 Å². The number of aryl methyl sites for hydroxylation is 1. The summed E-state index contributed by atoms with van der Waals surface area (Å²) in [6.07, 6.45) is -0.00297. The highest BCUT2D eigenvalue weighted by molar-refractivity contribution is 6.00. The van der Waals surface area contributed by atoms with Crippen molar-refractivity contribution in [2.24, 2.45) is 5.92 Å². The molecule has 0 radical (unpaired) electrons. The first-order chi connectivity index (χ1) is 13.8. The number of benzene rings is 2. The molecule has 8 heteroatoms. The fraction of sp³-hybridized carbons (Fsp3) is 0.286. The average molecular weight is 402 g/mol. The number of carbonyl (C=O) groups is 3. The van der Waals surface area contributed by atoms with Crippen LogP contribution in [0.25, 0.3) is 0 Å². The molecule has 1 saturated heterocycles. The zero-order valence-corrected chi connectivity index (χ0v) is 16.0. The van der Waals surface area contributed by atoms with Gasteiger partial charge in [-0.3, -0.25) is 14.4 Å². The lowest BCUT2D eigenvalue weighted by Crippen LogP contribution is -2.28. The first kappa shape index (κ1) is 20.4. The van der Waals surface area contributed by atoms with Crippen molar-refractivity contribution in [2.75, 3.05) is 23.4 Å². The molecule has 0 saturated carbocycles. The lowest BCUT2D eigenvalue weighted by Gasteiger charge is -2.20. The van der Waals surface area contributed by atoms with Crippen LogP contribution in [0.4, 0.5) is 20.2 Å². The summed E-state index contributed by atoms with van der Waals surface area (Å²) in [6.45, 7) is 3.43. The number of esters is 1. The Kier molecular flexibility index (Phi) is 5.91. The molecule has 0 aromatic heterocycles. The fourth-order valence-corrected chi connectivity index (χ4v) is 3.15. The van der Waals surface area contributed by atoms with E-state index in [0.29, 0.717) is 0 Å². The molecule has 1 aliphatic heterocycles. The van der Waals surface area contributed by atoms with Gasteiger partial charge in [-0.1, -0.05) is 12.1 Å². The minimum atomic E-state index is -1.10. The molecule has 0 aliphatic carbocycles. The van der Waals surface area contributed by atoms with Crippen molar-refractivity contribution >= 4 is 29.2 Å². The Morgan fingerprint density at radius 2 is 1.93 bits per heavy atom. The molecule has 2 amide bonds. The number of rotatable bonds is 5. The predicted octanol–water partition coefficient (Wildman–Crippen LogP) is 3.12. The zero-order chi connectivity index (χ0) is 21.1. The molecule has 29 heavy (non-hydrogen) atoms. The summed E-state index contributed by atoms with van der Waals surface area (Å²) in [5.74, 6) is -4.36. The smallest absolute Gasteiger partial charge is 0.311 e. The van der Waals surface area contributed by atoms with E-state index in [1.807, 2.05) is 32.0 Å². The molecule has 1 N–H and O–H groups in total. The third kappa shape index (κ3) is 4.59. The van der Waals surface area contributed by atoms with Crippen LogP contribution in [0, 0.1) is 31.4 Å². The third-order valence-corrected chi connectivity index (χ3v) is 4.87. The van der Waals surface area contributed by atoms with Gasteiger partial charge in [0, 0.05) is 30.4 Å². The molecule has 6 nitrogen and oxygen atoms in total. The summed E-state index contributed by atoms with van der Waals surface area (Å²) in [7, 11) is 0. The number of hydrogen-bond acceptors (Lipinski definition) is 4. The molecule has 2 aromatic carbocycles. The molecule has 0 spiro atoms. The van der Waals surface area contributed by atoms with Gasteiger partial charge in [0.05, 0.1) is 5.92 Å². The van der Waals surface area contributed by atoms with Gasteiger partial charge in [0.1, 0.15) is 0 Å². The van der Waals surface area contributed by atoms with Crippen molar-refractivity contribution in [3.63, 3.8) is 0 Å². The van der Waals surface area contributed by atoms with E-state index >= 15 is 0 Å². The highest BCUT2D eigenvalue weighted by Gasteiger charge is 2.37. The van der Waals surface area contributed by atoms with Crippen LogP contribution in [0.2, 0.25) is 0 Å². The Morgan fingerprint density at radius 3 is 2.66 bits per heavy atom. The van der Waals surface area contributed by atoms with Gasteiger partial charge < -0.3 is 15.0 Å². The van der Waals surface area contributed by atoms with E-state index in [1.54, 1.807) is 4.90 Å². The molecular formula is C21H20F2N2O4. The quantitative estimate of drug-likeness (QED) is 0.780. The Hall–Kier alpha value is -3.29. The second-order valence-electron chi connectivity index (χ2n) is 6.91. The van der Waals surface area contributed by atoms with Gasteiger partial charge >= 0.3 is 5.97 Å². The van der Waals surface area contributed by atoms with Gasteiger partial charge in [0.25, 0.3) is 5.91 Å². The van der Waals surface area contributed by atoms with Crippen molar-refractivity contribution in [3.05, 3.63) is 59.2 Å². The van der Waals surface area contributed by atoms with Crippen LogP contribution in [0.5, 0.6) is 0 Å². The lowest BCUT2D eigenvalue weighted by molar-refractivity contribution is -0.151. The number of nitrogens with zero attached hydrogens (tertiary/aromatic N) is 1. The van der Waals surface area contributed by atoms with Gasteiger partial charge in [0.2, 0.25) is 5.91 Å². The van der Waals surface area contributed by atoms with Crippen LogP contribution in [-0.2, 0) is 19.1 Å². The van der Waals surface area contributed by atoms with Crippen LogP contribution < -0.4 is 10.2 Å². The van der Waals surface area contributed by atoms with Crippen LogP contribution in [0.1, 0.15) is 17.5 Å². The molecule has 3 rings (SSSR count). The molecule has 1 heterocycles. The van der Waals surface area contributed by atoms with Gasteiger partial charge in [-0.2, -0.15) is 0 Å². The number of amides is 2. The second kappa shape index (κ2) is 8.38.